The van der Waals surface area contributed by atoms with E-state index in [2.05, 4.69) is 0 Å². The standard InChI is InChI=1S/C13H18O4S/c1-10(2)18(15,16)7-6-17-13-5-4-11(3)8-12(13)9-14/h4-5,8-10H,6-7H2,1-3H3. The lowest BCUT2D eigenvalue weighted by molar-refractivity contribution is 0.112. The number of benzene rings is 1. The van der Waals surface area contributed by atoms with Crippen molar-refractivity contribution in [3.63, 3.8) is 0 Å². The summed E-state index contributed by atoms with van der Waals surface area (Å²) < 4.78 is 28.5. The van der Waals surface area contributed by atoms with Crippen molar-refractivity contribution in [2.45, 2.75) is 26.0 Å². The van der Waals surface area contributed by atoms with Gasteiger partial charge in [-0.2, -0.15) is 0 Å². The van der Waals surface area contributed by atoms with Crippen molar-refractivity contribution in [3.8, 4) is 5.75 Å². The number of aryl methyl sites for hydroxylation is 1. The van der Waals surface area contributed by atoms with Gasteiger partial charge in [0, 0.05) is 0 Å². The van der Waals surface area contributed by atoms with Crippen LogP contribution in [0, 0.1) is 6.92 Å². The first-order valence-electron chi connectivity index (χ1n) is 5.77. The Labute approximate surface area is 108 Å². The van der Waals surface area contributed by atoms with Gasteiger partial charge in [-0.25, -0.2) is 8.42 Å². The lowest BCUT2D eigenvalue weighted by Gasteiger charge is -2.11. The Kier molecular flexibility index (Phi) is 4.90. The Morgan fingerprint density at radius 2 is 2.00 bits per heavy atom. The summed E-state index contributed by atoms with van der Waals surface area (Å²) >= 11 is 0. The van der Waals surface area contributed by atoms with Gasteiger partial charge in [-0.1, -0.05) is 11.6 Å². The molecule has 1 aromatic carbocycles. The van der Waals surface area contributed by atoms with Gasteiger partial charge in [-0.3, -0.25) is 4.79 Å². The van der Waals surface area contributed by atoms with Crippen molar-refractivity contribution >= 4 is 16.1 Å². The van der Waals surface area contributed by atoms with Gasteiger partial charge >= 0.3 is 0 Å². The van der Waals surface area contributed by atoms with Gasteiger partial charge in [0.15, 0.2) is 16.1 Å². The summed E-state index contributed by atoms with van der Waals surface area (Å²) in [5.74, 6) is 0.381. The predicted octanol–water partition coefficient (Wildman–Crippen LogP) is 2.01. The molecule has 0 atom stereocenters. The van der Waals surface area contributed by atoms with Crippen molar-refractivity contribution in [2.24, 2.45) is 0 Å². The lowest BCUT2D eigenvalue weighted by atomic mass is 10.1. The highest BCUT2D eigenvalue weighted by molar-refractivity contribution is 7.91. The Balaban J connectivity index is 2.68. The van der Waals surface area contributed by atoms with E-state index in [-0.39, 0.29) is 12.4 Å². The van der Waals surface area contributed by atoms with Gasteiger partial charge in [0.2, 0.25) is 0 Å². The van der Waals surface area contributed by atoms with Gasteiger partial charge in [-0.15, -0.1) is 0 Å². The Morgan fingerprint density at radius 1 is 1.33 bits per heavy atom. The zero-order chi connectivity index (χ0) is 13.8. The molecule has 0 aliphatic rings. The minimum Gasteiger partial charge on any atom is -0.492 e. The summed E-state index contributed by atoms with van der Waals surface area (Å²) in [5, 5.41) is -0.412. The first kappa shape index (κ1) is 14.7. The number of carbonyl (C=O) groups is 1. The number of ether oxygens (including phenoxy) is 1. The molecule has 100 valence electrons. The average Bonchev–Trinajstić information content (AvgIpc) is 2.30. The zero-order valence-corrected chi connectivity index (χ0v) is 11.7. The third-order valence-electron chi connectivity index (χ3n) is 2.64. The van der Waals surface area contributed by atoms with Crippen LogP contribution in [-0.2, 0) is 9.84 Å². The maximum Gasteiger partial charge on any atom is 0.155 e. The second-order valence-electron chi connectivity index (χ2n) is 4.42. The molecule has 0 saturated carbocycles. The second-order valence-corrected chi connectivity index (χ2v) is 7.10. The molecule has 1 rings (SSSR count). The quantitative estimate of drug-likeness (QED) is 0.742. The third-order valence-corrected chi connectivity index (χ3v) is 4.81. The monoisotopic (exact) mass is 270 g/mol. The predicted molar refractivity (Wildman–Crippen MR) is 71.0 cm³/mol. The van der Waals surface area contributed by atoms with E-state index in [0.717, 1.165) is 5.56 Å². The fourth-order valence-corrected chi connectivity index (χ4v) is 2.18. The molecule has 0 amide bonds. The van der Waals surface area contributed by atoms with Gasteiger partial charge in [0.05, 0.1) is 16.6 Å². The van der Waals surface area contributed by atoms with E-state index >= 15 is 0 Å². The van der Waals surface area contributed by atoms with Crippen LogP contribution in [-0.4, -0.2) is 32.3 Å². The Morgan fingerprint density at radius 3 is 2.56 bits per heavy atom. The van der Waals surface area contributed by atoms with Crippen molar-refractivity contribution in [3.05, 3.63) is 29.3 Å². The van der Waals surface area contributed by atoms with E-state index in [9.17, 15) is 13.2 Å². The molecule has 0 aromatic heterocycles. The van der Waals surface area contributed by atoms with E-state index < -0.39 is 15.1 Å². The highest BCUT2D eigenvalue weighted by atomic mass is 32.2. The van der Waals surface area contributed by atoms with Crippen LogP contribution in [0.15, 0.2) is 18.2 Å². The molecule has 0 bridgehead atoms. The number of hydrogen-bond donors (Lipinski definition) is 0. The van der Waals surface area contributed by atoms with Gasteiger partial charge in [0.25, 0.3) is 0 Å². The molecule has 0 spiro atoms. The van der Waals surface area contributed by atoms with Crippen LogP contribution in [0.2, 0.25) is 0 Å². The van der Waals surface area contributed by atoms with E-state index in [1.807, 2.05) is 13.0 Å². The molecule has 0 N–H and O–H groups in total. The molecule has 0 heterocycles. The molecular weight excluding hydrogens is 252 g/mol. The van der Waals surface area contributed by atoms with Crippen LogP contribution < -0.4 is 4.74 Å². The summed E-state index contributed by atoms with van der Waals surface area (Å²) in [6.07, 6.45) is 0.708. The van der Waals surface area contributed by atoms with E-state index in [0.29, 0.717) is 17.6 Å². The summed E-state index contributed by atoms with van der Waals surface area (Å²) in [6, 6.07) is 5.21. The van der Waals surface area contributed by atoms with Crippen molar-refractivity contribution < 1.29 is 17.9 Å². The van der Waals surface area contributed by atoms with E-state index in [1.165, 1.54) is 0 Å². The molecule has 0 unspecified atom stereocenters. The molecule has 0 saturated heterocycles. The topological polar surface area (TPSA) is 60.4 Å². The van der Waals surface area contributed by atoms with E-state index in [4.69, 9.17) is 4.74 Å². The zero-order valence-electron chi connectivity index (χ0n) is 10.8. The van der Waals surface area contributed by atoms with Gasteiger partial charge < -0.3 is 4.74 Å². The Bertz CT molecular complexity index is 518. The number of hydrogen-bond acceptors (Lipinski definition) is 4. The summed E-state index contributed by atoms with van der Waals surface area (Å²) in [5.41, 5.74) is 1.40. The van der Waals surface area contributed by atoms with Crippen molar-refractivity contribution in [1.82, 2.24) is 0 Å². The first-order chi connectivity index (χ1) is 8.36. The Hall–Kier alpha value is -1.36. The molecule has 0 radical (unpaired) electrons. The van der Waals surface area contributed by atoms with Crippen molar-refractivity contribution in [1.29, 1.82) is 0 Å². The van der Waals surface area contributed by atoms with Crippen molar-refractivity contribution in [2.75, 3.05) is 12.4 Å². The molecule has 1 aromatic rings. The molecule has 18 heavy (non-hydrogen) atoms. The number of rotatable bonds is 6. The van der Waals surface area contributed by atoms with Crippen LogP contribution in [0.1, 0.15) is 29.8 Å². The molecular formula is C13H18O4S. The minimum absolute atomic E-state index is 0.0448. The average molecular weight is 270 g/mol. The van der Waals surface area contributed by atoms with Gasteiger partial charge in [0.1, 0.15) is 12.4 Å². The maximum absolute atomic E-state index is 11.6. The fourth-order valence-electron chi connectivity index (χ4n) is 1.39. The SMILES string of the molecule is Cc1ccc(OCCS(=O)(=O)C(C)C)c(C=O)c1. The molecule has 0 aliphatic heterocycles. The van der Waals surface area contributed by atoms with Crippen LogP contribution in [0.3, 0.4) is 0 Å². The first-order valence-corrected chi connectivity index (χ1v) is 7.48. The summed E-state index contributed by atoms with van der Waals surface area (Å²) in [4.78, 5) is 10.8. The molecule has 4 nitrogen and oxygen atoms in total. The summed E-state index contributed by atoms with van der Waals surface area (Å²) in [7, 11) is -3.11. The van der Waals surface area contributed by atoms with E-state index in [1.54, 1.807) is 26.0 Å². The van der Waals surface area contributed by atoms with Crippen LogP contribution in [0.4, 0.5) is 0 Å². The fraction of sp³-hybridized carbons (Fsp3) is 0.462. The highest BCUT2D eigenvalue weighted by Crippen LogP contribution is 2.18. The smallest absolute Gasteiger partial charge is 0.155 e. The van der Waals surface area contributed by atoms with Gasteiger partial charge in [-0.05, 0) is 32.9 Å². The van der Waals surface area contributed by atoms with Crippen LogP contribution in [0.25, 0.3) is 0 Å². The number of sulfone groups is 1. The molecule has 0 aliphatic carbocycles. The second kappa shape index (κ2) is 6.00. The lowest BCUT2D eigenvalue weighted by Crippen LogP contribution is -2.22. The third kappa shape index (κ3) is 3.84. The number of carbonyl (C=O) groups excluding carboxylic acids is 1. The molecule has 5 heteroatoms. The molecule has 0 fully saturated rings. The largest absolute Gasteiger partial charge is 0.492 e. The van der Waals surface area contributed by atoms with Crippen LogP contribution >= 0.6 is 0 Å². The summed E-state index contributed by atoms with van der Waals surface area (Å²) in [6.45, 7) is 5.21. The normalized spacial score (nSPS) is 11.6. The highest BCUT2D eigenvalue weighted by Gasteiger charge is 2.16. The number of aldehydes is 1. The maximum atomic E-state index is 11.6. The minimum atomic E-state index is -3.11. The van der Waals surface area contributed by atoms with Crippen LogP contribution in [0.5, 0.6) is 5.75 Å².